The van der Waals surface area contributed by atoms with E-state index in [1.54, 1.807) is 7.05 Å². The minimum absolute atomic E-state index is 0.0649. The number of rotatable bonds is 9. The van der Waals surface area contributed by atoms with Crippen LogP contribution in [0, 0.1) is 0 Å². The minimum atomic E-state index is -0.323. The molecule has 0 saturated carbocycles. The second kappa shape index (κ2) is 11.8. The molecule has 1 saturated heterocycles. The smallest absolute Gasteiger partial charge is 0.253 e. The first-order valence-corrected chi connectivity index (χ1v) is 10.6. The summed E-state index contributed by atoms with van der Waals surface area (Å²) in [5, 5.41) is 9.66. The third-order valence-corrected chi connectivity index (χ3v) is 5.09. The standard InChI is InChI=1S/C22H37N5O2/c1-16(2)27(17(3)4)12-11-24-22(23-5)25-15-18-8-6-9-19(14-18)26-21(28)20-10-7-13-29-20/h6,8-9,14,16-17,20H,7,10-13,15H2,1-5H3,(H,26,28)(H2,23,24,25). The number of carbonyl (C=O) groups is 1. The Balaban J connectivity index is 1.80. The molecule has 0 aromatic heterocycles. The maximum Gasteiger partial charge on any atom is 0.253 e. The van der Waals surface area contributed by atoms with E-state index in [9.17, 15) is 4.79 Å². The van der Waals surface area contributed by atoms with Crippen molar-refractivity contribution in [3.8, 4) is 0 Å². The highest BCUT2D eigenvalue weighted by molar-refractivity contribution is 5.94. The number of hydrogen-bond acceptors (Lipinski definition) is 4. The summed E-state index contributed by atoms with van der Waals surface area (Å²) in [6.45, 7) is 12.0. The Morgan fingerprint density at radius 3 is 2.62 bits per heavy atom. The Labute approximate surface area is 175 Å². The van der Waals surface area contributed by atoms with Gasteiger partial charge in [0.1, 0.15) is 6.10 Å². The normalized spacial score (nSPS) is 17.2. The number of nitrogens with zero attached hydrogens (tertiary/aromatic N) is 2. The first-order valence-electron chi connectivity index (χ1n) is 10.6. The molecule has 29 heavy (non-hydrogen) atoms. The molecule has 1 aliphatic rings. The van der Waals surface area contributed by atoms with Crippen molar-refractivity contribution in [2.75, 3.05) is 32.1 Å². The summed E-state index contributed by atoms with van der Waals surface area (Å²) in [7, 11) is 1.77. The zero-order valence-corrected chi connectivity index (χ0v) is 18.5. The van der Waals surface area contributed by atoms with Gasteiger partial charge in [-0.05, 0) is 58.2 Å². The van der Waals surface area contributed by atoms with Crippen LogP contribution in [-0.2, 0) is 16.1 Å². The van der Waals surface area contributed by atoms with E-state index in [1.807, 2.05) is 24.3 Å². The van der Waals surface area contributed by atoms with Gasteiger partial charge in [-0.3, -0.25) is 14.7 Å². The maximum atomic E-state index is 12.2. The molecule has 1 fully saturated rings. The van der Waals surface area contributed by atoms with Crippen LogP contribution < -0.4 is 16.0 Å². The van der Waals surface area contributed by atoms with Crippen LogP contribution in [0.3, 0.4) is 0 Å². The molecule has 3 N–H and O–H groups in total. The van der Waals surface area contributed by atoms with E-state index in [2.05, 4.69) is 53.5 Å². The molecule has 1 aromatic rings. The number of guanidine groups is 1. The van der Waals surface area contributed by atoms with Crippen LogP contribution >= 0.6 is 0 Å². The molecule has 162 valence electrons. The summed E-state index contributed by atoms with van der Waals surface area (Å²) < 4.78 is 5.44. The third-order valence-electron chi connectivity index (χ3n) is 5.09. The van der Waals surface area contributed by atoms with E-state index >= 15 is 0 Å². The predicted molar refractivity (Wildman–Crippen MR) is 119 cm³/mol. The molecule has 0 bridgehead atoms. The van der Waals surface area contributed by atoms with Crippen LogP contribution in [0.2, 0.25) is 0 Å². The highest BCUT2D eigenvalue weighted by Gasteiger charge is 2.23. The average Bonchev–Trinajstić information content (AvgIpc) is 3.22. The molecule has 1 atom stereocenters. The van der Waals surface area contributed by atoms with Gasteiger partial charge in [-0.2, -0.15) is 0 Å². The molecule has 1 aromatic carbocycles. The highest BCUT2D eigenvalue weighted by Crippen LogP contribution is 2.16. The summed E-state index contributed by atoms with van der Waals surface area (Å²) in [6.07, 6.45) is 1.41. The molecule has 7 heteroatoms. The lowest BCUT2D eigenvalue weighted by Gasteiger charge is -2.30. The Bertz CT molecular complexity index is 661. The molecule has 2 rings (SSSR count). The molecule has 0 radical (unpaired) electrons. The van der Waals surface area contributed by atoms with E-state index in [0.29, 0.717) is 25.2 Å². The van der Waals surface area contributed by atoms with Crippen LogP contribution in [-0.4, -0.2) is 61.7 Å². The van der Waals surface area contributed by atoms with Crippen molar-refractivity contribution in [2.24, 2.45) is 4.99 Å². The quantitative estimate of drug-likeness (QED) is 0.436. The molecule has 1 heterocycles. The third kappa shape index (κ3) is 7.66. The first-order chi connectivity index (χ1) is 13.9. The van der Waals surface area contributed by atoms with Crippen molar-refractivity contribution in [1.82, 2.24) is 15.5 Å². The monoisotopic (exact) mass is 403 g/mol. The molecular formula is C22H37N5O2. The Morgan fingerprint density at radius 2 is 2.00 bits per heavy atom. The van der Waals surface area contributed by atoms with Gasteiger partial charge in [-0.15, -0.1) is 0 Å². The van der Waals surface area contributed by atoms with Crippen LogP contribution in [0.25, 0.3) is 0 Å². The van der Waals surface area contributed by atoms with E-state index < -0.39 is 0 Å². The fourth-order valence-corrected chi connectivity index (χ4v) is 3.59. The largest absolute Gasteiger partial charge is 0.368 e. The van der Waals surface area contributed by atoms with Gasteiger partial charge in [0, 0.05) is 51.1 Å². The second-order valence-electron chi connectivity index (χ2n) is 7.97. The number of hydrogen-bond donors (Lipinski definition) is 3. The summed E-state index contributed by atoms with van der Waals surface area (Å²) in [4.78, 5) is 19.0. The topological polar surface area (TPSA) is 78.0 Å². The Kier molecular flexibility index (Phi) is 9.41. The number of benzene rings is 1. The van der Waals surface area contributed by atoms with Crippen LogP contribution in [0.5, 0.6) is 0 Å². The fourth-order valence-electron chi connectivity index (χ4n) is 3.59. The molecular weight excluding hydrogens is 366 g/mol. The van der Waals surface area contributed by atoms with Gasteiger partial charge in [0.2, 0.25) is 0 Å². The van der Waals surface area contributed by atoms with Crippen molar-refractivity contribution in [1.29, 1.82) is 0 Å². The molecule has 1 unspecified atom stereocenters. The molecule has 1 amide bonds. The summed E-state index contributed by atoms with van der Waals surface area (Å²) in [5.74, 6) is 0.705. The predicted octanol–water partition coefficient (Wildman–Crippen LogP) is 2.59. The molecule has 7 nitrogen and oxygen atoms in total. The lowest BCUT2D eigenvalue weighted by molar-refractivity contribution is -0.124. The van der Waals surface area contributed by atoms with Gasteiger partial charge in [0.25, 0.3) is 5.91 Å². The van der Waals surface area contributed by atoms with E-state index in [-0.39, 0.29) is 12.0 Å². The van der Waals surface area contributed by atoms with Crippen molar-refractivity contribution in [3.05, 3.63) is 29.8 Å². The summed E-state index contributed by atoms with van der Waals surface area (Å²) in [6, 6.07) is 8.88. The van der Waals surface area contributed by atoms with Crippen LogP contribution in [0.15, 0.2) is 29.3 Å². The number of nitrogens with one attached hydrogen (secondary N) is 3. The number of ether oxygens (including phenoxy) is 1. The number of anilines is 1. The van der Waals surface area contributed by atoms with Gasteiger partial charge in [-0.25, -0.2) is 0 Å². The zero-order chi connectivity index (χ0) is 21.2. The lowest BCUT2D eigenvalue weighted by Crippen LogP contribution is -2.45. The van der Waals surface area contributed by atoms with Crippen molar-refractivity contribution in [2.45, 2.75) is 65.3 Å². The zero-order valence-electron chi connectivity index (χ0n) is 18.5. The fraction of sp³-hybridized carbons (Fsp3) is 0.636. The van der Waals surface area contributed by atoms with Crippen molar-refractivity contribution >= 4 is 17.6 Å². The minimum Gasteiger partial charge on any atom is -0.368 e. The summed E-state index contributed by atoms with van der Waals surface area (Å²) in [5.41, 5.74) is 1.86. The Hall–Kier alpha value is -2.12. The molecule has 0 spiro atoms. The van der Waals surface area contributed by atoms with Gasteiger partial charge in [0.15, 0.2) is 5.96 Å². The number of aliphatic imine (C=N–C) groups is 1. The lowest BCUT2D eigenvalue weighted by atomic mass is 10.2. The van der Waals surface area contributed by atoms with Crippen LogP contribution in [0.4, 0.5) is 5.69 Å². The van der Waals surface area contributed by atoms with Gasteiger partial charge >= 0.3 is 0 Å². The van der Waals surface area contributed by atoms with Crippen molar-refractivity contribution in [3.63, 3.8) is 0 Å². The maximum absolute atomic E-state index is 12.2. The van der Waals surface area contributed by atoms with Gasteiger partial charge < -0.3 is 20.7 Å². The average molecular weight is 404 g/mol. The van der Waals surface area contributed by atoms with E-state index in [1.165, 1.54) is 0 Å². The highest BCUT2D eigenvalue weighted by atomic mass is 16.5. The van der Waals surface area contributed by atoms with Gasteiger partial charge in [0.05, 0.1) is 0 Å². The number of carbonyl (C=O) groups excluding carboxylic acids is 1. The van der Waals surface area contributed by atoms with E-state index in [0.717, 1.165) is 43.1 Å². The number of amides is 1. The first kappa shape index (κ1) is 23.2. The van der Waals surface area contributed by atoms with Gasteiger partial charge in [-0.1, -0.05) is 12.1 Å². The SMILES string of the molecule is CN=C(NCCN(C(C)C)C(C)C)NCc1cccc(NC(=O)C2CCCO2)c1. The van der Waals surface area contributed by atoms with E-state index in [4.69, 9.17) is 4.74 Å². The second-order valence-corrected chi connectivity index (χ2v) is 7.97. The van der Waals surface area contributed by atoms with Crippen molar-refractivity contribution < 1.29 is 9.53 Å². The van der Waals surface area contributed by atoms with Crippen LogP contribution in [0.1, 0.15) is 46.1 Å². The Morgan fingerprint density at radius 1 is 1.24 bits per heavy atom. The molecule has 1 aliphatic heterocycles. The summed E-state index contributed by atoms with van der Waals surface area (Å²) >= 11 is 0. The molecule has 0 aliphatic carbocycles.